The number of thioether (sulfide) groups is 1. The molecule has 2 N–H and O–H groups in total. The average molecular weight is 328 g/mol. The molecule has 9 heteroatoms. The van der Waals surface area contributed by atoms with E-state index >= 15 is 0 Å². The number of ether oxygens (including phenoxy) is 1. The van der Waals surface area contributed by atoms with Crippen LogP contribution in [0.2, 0.25) is 0 Å². The normalized spacial score (nSPS) is 11.5. The van der Waals surface area contributed by atoms with Crippen LogP contribution in [0, 0.1) is 10.1 Å². The first kappa shape index (κ1) is 17.8. The highest BCUT2D eigenvalue weighted by molar-refractivity contribution is 7.98. The van der Waals surface area contributed by atoms with Crippen LogP contribution in [0.25, 0.3) is 0 Å². The quantitative estimate of drug-likeness (QED) is 0.548. The van der Waals surface area contributed by atoms with Crippen LogP contribution in [0.4, 0.5) is 5.69 Å². The maximum absolute atomic E-state index is 12.1. The van der Waals surface area contributed by atoms with Gasteiger partial charge in [-0.3, -0.25) is 14.9 Å². The maximum atomic E-state index is 12.1. The number of nitro groups is 1. The molecule has 22 heavy (non-hydrogen) atoms. The number of carboxylic acids is 1. The molecule has 0 heterocycles. The van der Waals surface area contributed by atoms with Gasteiger partial charge in [0.25, 0.3) is 5.91 Å². The molecule has 0 radical (unpaired) electrons. The molecule has 0 aliphatic carbocycles. The van der Waals surface area contributed by atoms with E-state index in [1.807, 2.05) is 6.26 Å². The van der Waals surface area contributed by atoms with Gasteiger partial charge in [-0.1, -0.05) is 0 Å². The summed E-state index contributed by atoms with van der Waals surface area (Å²) < 4.78 is 4.87. The molecular weight excluding hydrogens is 312 g/mol. The first-order valence-electron chi connectivity index (χ1n) is 6.25. The van der Waals surface area contributed by atoms with Crippen LogP contribution >= 0.6 is 11.8 Å². The largest absolute Gasteiger partial charge is 0.490 e. The molecule has 0 aliphatic heterocycles. The molecule has 0 saturated carbocycles. The molecule has 1 atom stereocenters. The van der Waals surface area contributed by atoms with Crippen molar-refractivity contribution in [2.75, 3.05) is 19.1 Å². The van der Waals surface area contributed by atoms with Crippen molar-refractivity contribution in [3.8, 4) is 5.75 Å². The number of aliphatic carboxylic acids is 1. The number of carboxylic acid groups (broad SMARTS) is 1. The third-order valence-corrected chi connectivity index (χ3v) is 3.50. The molecule has 1 rings (SSSR count). The molecule has 8 nitrogen and oxygen atoms in total. The summed E-state index contributed by atoms with van der Waals surface area (Å²) in [5.74, 6) is -1.23. The van der Waals surface area contributed by atoms with E-state index in [9.17, 15) is 19.7 Å². The SMILES string of the molecule is COc1cc(C(=O)NC(CCSC)C(=O)O)ccc1[N+](=O)[O-]. The van der Waals surface area contributed by atoms with Crippen LogP contribution in [-0.4, -0.2) is 47.1 Å². The standard InChI is InChI=1S/C13H16N2O6S/c1-21-11-7-8(3-4-10(11)15(19)20)12(16)14-9(13(17)18)5-6-22-2/h3-4,7,9H,5-6H2,1-2H3,(H,14,16)(H,17,18). The molecule has 0 bridgehead atoms. The Hall–Kier alpha value is -2.29. The Morgan fingerprint density at radius 1 is 1.50 bits per heavy atom. The highest BCUT2D eigenvalue weighted by Crippen LogP contribution is 2.27. The van der Waals surface area contributed by atoms with Crippen LogP contribution < -0.4 is 10.1 Å². The molecule has 0 saturated heterocycles. The van der Waals surface area contributed by atoms with E-state index < -0.39 is 22.8 Å². The Balaban J connectivity index is 2.92. The topological polar surface area (TPSA) is 119 Å². The number of amides is 1. The molecule has 0 fully saturated rings. The zero-order valence-electron chi connectivity index (χ0n) is 12.1. The number of rotatable bonds is 8. The fourth-order valence-electron chi connectivity index (χ4n) is 1.70. The Labute approximate surface area is 131 Å². The second kappa shape index (κ2) is 8.23. The minimum atomic E-state index is -1.13. The zero-order valence-corrected chi connectivity index (χ0v) is 12.9. The van der Waals surface area contributed by atoms with Gasteiger partial charge in [-0.25, -0.2) is 4.79 Å². The van der Waals surface area contributed by atoms with E-state index in [2.05, 4.69) is 5.32 Å². The Morgan fingerprint density at radius 2 is 2.18 bits per heavy atom. The van der Waals surface area contributed by atoms with Crippen LogP contribution in [-0.2, 0) is 4.79 Å². The molecular formula is C13H16N2O6S. The second-order valence-electron chi connectivity index (χ2n) is 4.29. The van der Waals surface area contributed by atoms with E-state index in [4.69, 9.17) is 9.84 Å². The number of benzene rings is 1. The molecule has 120 valence electrons. The van der Waals surface area contributed by atoms with Crippen LogP contribution in [0.1, 0.15) is 16.8 Å². The van der Waals surface area contributed by atoms with E-state index in [-0.39, 0.29) is 23.4 Å². The van der Waals surface area contributed by atoms with Gasteiger partial charge in [0.05, 0.1) is 12.0 Å². The van der Waals surface area contributed by atoms with Crippen molar-refractivity contribution in [2.24, 2.45) is 0 Å². The van der Waals surface area contributed by atoms with Crippen LogP contribution in [0.5, 0.6) is 5.75 Å². The zero-order chi connectivity index (χ0) is 16.7. The Morgan fingerprint density at radius 3 is 2.68 bits per heavy atom. The number of hydrogen-bond donors (Lipinski definition) is 2. The van der Waals surface area contributed by atoms with Crippen molar-refractivity contribution in [1.82, 2.24) is 5.32 Å². The summed E-state index contributed by atoms with van der Waals surface area (Å²) in [4.78, 5) is 33.3. The summed E-state index contributed by atoms with van der Waals surface area (Å²) in [7, 11) is 1.25. The van der Waals surface area contributed by atoms with Crippen LogP contribution in [0.3, 0.4) is 0 Å². The van der Waals surface area contributed by atoms with Gasteiger partial charge in [0.1, 0.15) is 6.04 Å². The lowest BCUT2D eigenvalue weighted by molar-refractivity contribution is -0.385. The summed E-state index contributed by atoms with van der Waals surface area (Å²) >= 11 is 1.47. The molecule has 1 unspecified atom stereocenters. The van der Waals surface area contributed by atoms with Gasteiger partial charge in [0.2, 0.25) is 0 Å². The third-order valence-electron chi connectivity index (χ3n) is 2.85. The second-order valence-corrected chi connectivity index (χ2v) is 5.28. The van der Waals surface area contributed by atoms with Gasteiger partial charge in [-0.2, -0.15) is 11.8 Å². The highest BCUT2D eigenvalue weighted by Gasteiger charge is 2.22. The van der Waals surface area contributed by atoms with Crippen molar-refractivity contribution in [2.45, 2.75) is 12.5 Å². The first-order chi connectivity index (χ1) is 10.4. The summed E-state index contributed by atoms with van der Waals surface area (Å²) in [6, 6.07) is 2.59. The fourth-order valence-corrected chi connectivity index (χ4v) is 2.18. The van der Waals surface area contributed by atoms with E-state index in [0.29, 0.717) is 5.75 Å². The maximum Gasteiger partial charge on any atom is 0.326 e. The monoisotopic (exact) mass is 328 g/mol. The minimum absolute atomic E-state index is 0.0614. The van der Waals surface area contributed by atoms with Crippen molar-refractivity contribution in [1.29, 1.82) is 0 Å². The fraction of sp³-hybridized carbons (Fsp3) is 0.385. The third kappa shape index (κ3) is 4.62. The van der Waals surface area contributed by atoms with Crippen LogP contribution in [0.15, 0.2) is 18.2 Å². The van der Waals surface area contributed by atoms with Crippen molar-refractivity contribution in [3.05, 3.63) is 33.9 Å². The van der Waals surface area contributed by atoms with Crippen molar-refractivity contribution < 1.29 is 24.4 Å². The highest BCUT2D eigenvalue weighted by atomic mass is 32.2. The predicted octanol–water partition coefficient (Wildman–Crippen LogP) is 1.54. The predicted molar refractivity (Wildman–Crippen MR) is 81.5 cm³/mol. The van der Waals surface area contributed by atoms with Gasteiger partial charge < -0.3 is 15.2 Å². The van der Waals surface area contributed by atoms with E-state index in [0.717, 1.165) is 6.07 Å². The number of nitro benzene ring substituents is 1. The Kier molecular flexibility index (Phi) is 6.64. The van der Waals surface area contributed by atoms with Gasteiger partial charge in [0, 0.05) is 17.7 Å². The van der Waals surface area contributed by atoms with E-state index in [1.165, 1.54) is 31.0 Å². The van der Waals surface area contributed by atoms with Gasteiger partial charge >= 0.3 is 11.7 Å². The molecule has 1 aromatic carbocycles. The molecule has 0 spiro atoms. The lowest BCUT2D eigenvalue weighted by Crippen LogP contribution is -2.41. The van der Waals surface area contributed by atoms with Gasteiger partial charge in [-0.15, -0.1) is 0 Å². The summed E-state index contributed by atoms with van der Waals surface area (Å²) in [5.41, 5.74) is -0.172. The molecule has 0 aromatic heterocycles. The lowest BCUT2D eigenvalue weighted by Gasteiger charge is -2.14. The molecule has 1 aromatic rings. The van der Waals surface area contributed by atoms with Crippen molar-refractivity contribution in [3.63, 3.8) is 0 Å². The summed E-state index contributed by atoms with van der Waals surface area (Å²) in [6.45, 7) is 0. The number of nitrogens with zero attached hydrogens (tertiary/aromatic N) is 1. The molecule has 0 aliphatic rings. The average Bonchev–Trinajstić information content (AvgIpc) is 2.49. The number of hydrogen-bond acceptors (Lipinski definition) is 6. The number of carbonyl (C=O) groups excluding carboxylic acids is 1. The molecule has 1 amide bonds. The number of methoxy groups -OCH3 is 1. The minimum Gasteiger partial charge on any atom is -0.490 e. The first-order valence-corrected chi connectivity index (χ1v) is 7.65. The van der Waals surface area contributed by atoms with Crippen molar-refractivity contribution >= 4 is 29.3 Å². The Bertz CT molecular complexity index is 578. The van der Waals surface area contributed by atoms with E-state index in [1.54, 1.807) is 0 Å². The summed E-state index contributed by atoms with van der Waals surface area (Å²) in [6.07, 6.45) is 2.12. The number of nitrogens with one attached hydrogen (secondary N) is 1. The number of carbonyl (C=O) groups is 2. The summed E-state index contributed by atoms with van der Waals surface area (Å²) in [5, 5.41) is 22.3. The lowest BCUT2D eigenvalue weighted by atomic mass is 10.1. The smallest absolute Gasteiger partial charge is 0.326 e. The van der Waals surface area contributed by atoms with Gasteiger partial charge in [0.15, 0.2) is 5.75 Å². The van der Waals surface area contributed by atoms with Gasteiger partial charge in [-0.05, 0) is 24.5 Å².